The molecule has 2 bridgehead atoms. The summed E-state index contributed by atoms with van der Waals surface area (Å²) in [6.07, 6.45) is 1.97. The van der Waals surface area contributed by atoms with Gasteiger partial charge in [0.1, 0.15) is 6.10 Å². The Hall–Kier alpha value is -1.69. The molecule has 0 amide bonds. The van der Waals surface area contributed by atoms with E-state index in [-0.39, 0.29) is 6.10 Å². The fraction of sp³-hybridized carbons (Fsp3) is 0.381. The number of aliphatic hydroxyl groups is 1. The molecule has 2 aromatic carbocycles. The highest BCUT2D eigenvalue weighted by molar-refractivity contribution is 9.10. The molecule has 5 rings (SSSR count). The minimum absolute atomic E-state index is 0.143. The molecular weight excluding hydrogens is 394 g/mol. The molecule has 3 fully saturated rings. The Bertz CT molecular complexity index is 772. The van der Waals surface area contributed by atoms with Gasteiger partial charge in [0.15, 0.2) is 0 Å². The number of carbonyl (C=O) groups is 1. The molecule has 4 nitrogen and oxygen atoms in total. The van der Waals surface area contributed by atoms with Crippen LogP contribution in [0, 0.1) is 5.92 Å². The fourth-order valence-corrected chi connectivity index (χ4v) is 4.30. The van der Waals surface area contributed by atoms with Crippen LogP contribution in [0.2, 0.25) is 0 Å². The molecule has 2 atom stereocenters. The maximum atomic E-state index is 13.2. The predicted octanol–water partition coefficient (Wildman–Crippen LogP) is 3.32. The van der Waals surface area contributed by atoms with Crippen LogP contribution in [-0.2, 0) is 15.1 Å². The number of hydrogen-bond acceptors (Lipinski definition) is 4. The molecule has 1 N–H and O–H groups in total. The lowest BCUT2D eigenvalue weighted by Gasteiger charge is -2.44. The summed E-state index contributed by atoms with van der Waals surface area (Å²) >= 11 is 3.40. The summed E-state index contributed by atoms with van der Waals surface area (Å²) in [4.78, 5) is 15.5. The number of nitrogens with zero attached hydrogens (tertiary/aromatic N) is 1. The van der Waals surface area contributed by atoms with E-state index in [1.165, 1.54) is 0 Å². The van der Waals surface area contributed by atoms with E-state index in [9.17, 15) is 9.90 Å². The van der Waals surface area contributed by atoms with Gasteiger partial charge in [0, 0.05) is 11.0 Å². The van der Waals surface area contributed by atoms with E-state index < -0.39 is 11.6 Å². The van der Waals surface area contributed by atoms with Crippen molar-refractivity contribution in [3.05, 3.63) is 70.2 Å². The second-order valence-corrected chi connectivity index (χ2v) is 8.08. The van der Waals surface area contributed by atoms with E-state index in [0.29, 0.717) is 17.0 Å². The predicted molar refractivity (Wildman–Crippen MR) is 103 cm³/mol. The number of fused-ring (bicyclic) bond motifs is 3. The highest BCUT2D eigenvalue weighted by atomic mass is 79.9. The maximum absolute atomic E-state index is 13.2. The van der Waals surface area contributed by atoms with Gasteiger partial charge in [0.2, 0.25) is 5.60 Å². The lowest BCUT2D eigenvalue weighted by molar-refractivity contribution is -0.177. The first-order valence-electron chi connectivity index (χ1n) is 9.05. The van der Waals surface area contributed by atoms with Crippen LogP contribution < -0.4 is 0 Å². The van der Waals surface area contributed by atoms with Gasteiger partial charge in [0.25, 0.3) is 0 Å². The second-order valence-electron chi connectivity index (χ2n) is 7.17. The van der Waals surface area contributed by atoms with Gasteiger partial charge in [-0.05, 0) is 55.1 Å². The third-order valence-electron chi connectivity index (χ3n) is 5.60. The summed E-state index contributed by atoms with van der Waals surface area (Å²) in [5.74, 6) is -0.196. The number of benzene rings is 2. The van der Waals surface area contributed by atoms with E-state index in [2.05, 4.69) is 20.8 Å². The van der Waals surface area contributed by atoms with Gasteiger partial charge in [0.05, 0.1) is 0 Å². The van der Waals surface area contributed by atoms with Crippen LogP contribution >= 0.6 is 15.9 Å². The van der Waals surface area contributed by atoms with Crippen molar-refractivity contribution in [1.29, 1.82) is 0 Å². The van der Waals surface area contributed by atoms with Crippen molar-refractivity contribution in [3.63, 3.8) is 0 Å². The smallest absolute Gasteiger partial charge is 0.348 e. The van der Waals surface area contributed by atoms with Crippen LogP contribution in [0.3, 0.4) is 0 Å². The largest absolute Gasteiger partial charge is 0.458 e. The minimum atomic E-state index is -1.81. The summed E-state index contributed by atoms with van der Waals surface area (Å²) in [5, 5.41) is 11.5. The topological polar surface area (TPSA) is 49.8 Å². The van der Waals surface area contributed by atoms with E-state index in [1.54, 1.807) is 24.3 Å². The zero-order valence-electron chi connectivity index (χ0n) is 14.5. The lowest BCUT2D eigenvalue weighted by atomic mass is 9.84. The van der Waals surface area contributed by atoms with E-state index in [0.717, 1.165) is 36.9 Å². The van der Waals surface area contributed by atoms with Crippen molar-refractivity contribution in [2.45, 2.75) is 24.5 Å². The number of ether oxygens (including phenoxy) is 1. The molecule has 2 aromatic rings. The van der Waals surface area contributed by atoms with Gasteiger partial charge >= 0.3 is 5.97 Å². The number of carbonyl (C=O) groups excluding carboxylic acids is 1. The first kappa shape index (κ1) is 17.7. The average Bonchev–Trinajstić information content (AvgIpc) is 2.69. The molecule has 0 radical (unpaired) electrons. The van der Waals surface area contributed by atoms with Gasteiger partial charge in [-0.2, -0.15) is 0 Å². The molecule has 0 aromatic heterocycles. The van der Waals surface area contributed by atoms with Gasteiger partial charge < -0.3 is 9.84 Å². The zero-order valence-corrected chi connectivity index (χ0v) is 16.1. The Kier molecular flexibility index (Phi) is 4.86. The number of piperidine rings is 3. The quantitative estimate of drug-likeness (QED) is 0.778. The molecule has 0 spiro atoms. The van der Waals surface area contributed by atoms with E-state index >= 15 is 0 Å². The first-order chi connectivity index (χ1) is 12.6. The van der Waals surface area contributed by atoms with Crippen LogP contribution in [0.4, 0.5) is 0 Å². The molecular formula is C21H22BrNO3. The number of esters is 1. The van der Waals surface area contributed by atoms with Crippen LogP contribution in [0.25, 0.3) is 0 Å². The van der Waals surface area contributed by atoms with Gasteiger partial charge in [-0.25, -0.2) is 4.79 Å². The van der Waals surface area contributed by atoms with Crippen molar-refractivity contribution in [3.8, 4) is 0 Å². The van der Waals surface area contributed by atoms with Crippen LogP contribution in [0.15, 0.2) is 59.1 Å². The highest BCUT2D eigenvalue weighted by Crippen LogP contribution is 2.35. The Balaban J connectivity index is 1.66. The van der Waals surface area contributed by atoms with Gasteiger partial charge in [-0.1, -0.05) is 58.4 Å². The SMILES string of the molecule is O=C(OC1CN2CCC1CC2)C(O)(c1ccccc1)c1ccc(Br)cc1. The van der Waals surface area contributed by atoms with Crippen molar-refractivity contribution in [2.24, 2.45) is 5.92 Å². The van der Waals surface area contributed by atoms with Crippen molar-refractivity contribution < 1.29 is 14.6 Å². The molecule has 136 valence electrons. The van der Waals surface area contributed by atoms with Gasteiger partial charge in [-0.15, -0.1) is 0 Å². The molecule has 3 aliphatic rings. The fourth-order valence-electron chi connectivity index (χ4n) is 4.04. The molecule has 2 unspecified atom stereocenters. The summed E-state index contributed by atoms with van der Waals surface area (Å²) in [5.41, 5.74) is -0.777. The molecule has 3 aliphatic heterocycles. The standard InChI is InChI=1S/C21H22BrNO3/c22-18-8-6-17(7-9-18)21(25,16-4-2-1-3-5-16)20(24)26-19-14-23-12-10-15(19)11-13-23/h1-9,15,19,25H,10-14H2. The normalized spacial score (nSPS) is 26.9. The molecule has 0 aliphatic carbocycles. The molecule has 5 heteroatoms. The number of halogens is 1. The monoisotopic (exact) mass is 415 g/mol. The van der Waals surface area contributed by atoms with Crippen LogP contribution in [0.5, 0.6) is 0 Å². The summed E-state index contributed by atoms with van der Waals surface area (Å²) < 4.78 is 6.78. The third kappa shape index (κ3) is 3.20. The molecule has 0 saturated carbocycles. The Labute approximate surface area is 161 Å². The summed E-state index contributed by atoms with van der Waals surface area (Å²) in [7, 11) is 0. The van der Waals surface area contributed by atoms with E-state index in [1.807, 2.05) is 30.3 Å². The van der Waals surface area contributed by atoms with Crippen LogP contribution in [-0.4, -0.2) is 41.7 Å². The second kappa shape index (κ2) is 7.14. The minimum Gasteiger partial charge on any atom is -0.458 e. The van der Waals surface area contributed by atoms with Crippen LogP contribution in [0.1, 0.15) is 24.0 Å². The Morgan fingerprint density at radius 3 is 2.23 bits per heavy atom. The summed E-state index contributed by atoms with van der Waals surface area (Å²) in [6.45, 7) is 2.92. The number of hydrogen-bond donors (Lipinski definition) is 1. The third-order valence-corrected chi connectivity index (χ3v) is 6.13. The molecule has 3 saturated heterocycles. The van der Waals surface area contributed by atoms with Crippen molar-refractivity contribution in [2.75, 3.05) is 19.6 Å². The Morgan fingerprint density at radius 2 is 1.65 bits per heavy atom. The molecule has 3 heterocycles. The lowest BCUT2D eigenvalue weighted by Crippen LogP contribution is -2.53. The maximum Gasteiger partial charge on any atom is 0.348 e. The Morgan fingerprint density at radius 1 is 1.04 bits per heavy atom. The van der Waals surface area contributed by atoms with Crippen molar-refractivity contribution >= 4 is 21.9 Å². The average molecular weight is 416 g/mol. The highest BCUT2D eigenvalue weighted by Gasteiger charge is 2.45. The first-order valence-corrected chi connectivity index (χ1v) is 9.84. The van der Waals surface area contributed by atoms with E-state index in [4.69, 9.17) is 4.74 Å². The number of rotatable bonds is 4. The van der Waals surface area contributed by atoms with Gasteiger partial charge in [-0.3, -0.25) is 4.90 Å². The zero-order chi connectivity index (χ0) is 18.1. The summed E-state index contributed by atoms with van der Waals surface area (Å²) in [6, 6.07) is 16.2. The van der Waals surface area contributed by atoms with Crippen molar-refractivity contribution in [1.82, 2.24) is 4.90 Å². The molecule has 26 heavy (non-hydrogen) atoms.